The number of aromatic nitrogens is 1. The molecule has 1 unspecified atom stereocenters. The Hall–Kier alpha value is -1.67. The summed E-state index contributed by atoms with van der Waals surface area (Å²) in [5, 5.41) is 3.19. The summed E-state index contributed by atoms with van der Waals surface area (Å²) in [4.78, 5) is 24.6. The van der Waals surface area contributed by atoms with Gasteiger partial charge >= 0.3 is 6.09 Å². The van der Waals surface area contributed by atoms with E-state index in [2.05, 4.69) is 24.9 Å². The molecule has 0 saturated carbocycles. The molecule has 1 atom stereocenters. The average Bonchev–Trinajstić information content (AvgIpc) is 3.07. The Bertz CT molecular complexity index is 859. The highest BCUT2D eigenvalue weighted by atomic mass is 127. The van der Waals surface area contributed by atoms with Crippen LogP contribution in [0.3, 0.4) is 0 Å². The third-order valence-corrected chi connectivity index (χ3v) is 5.95. The Kier molecular flexibility index (Phi) is 8.27. The number of halogens is 1. The molecule has 12 heteroatoms. The number of hydrogen-bond acceptors (Lipinski definition) is 8. The van der Waals surface area contributed by atoms with Crippen molar-refractivity contribution in [2.45, 2.75) is 37.3 Å². The van der Waals surface area contributed by atoms with Gasteiger partial charge in [0, 0.05) is 45.1 Å². The normalized spacial score (nSPS) is 18.9. The number of piperazine rings is 1. The lowest BCUT2D eigenvalue weighted by atomic mass is 10.2. The van der Waals surface area contributed by atoms with Gasteiger partial charge in [0.2, 0.25) is 10.0 Å². The Balaban J connectivity index is 0.00000320. The quantitative estimate of drug-likeness (QED) is 0.411. The van der Waals surface area contributed by atoms with Crippen LogP contribution >= 0.6 is 24.0 Å². The number of sulfonamides is 1. The van der Waals surface area contributed by atoms with Gasteiger partial charge in [-0.2, -0.15) is 0 Å². The molecule has 0 aliphatic carbocycles. The monoisotopic (exact) mass is 552 g/mol. The molecule has 2 N–H and O–H groups in total. The first-order valence-electron chi connectivity index (χ1n) is 9.58. The van der Waals surface area contributed by atoms with Crippen LogP contribution in [0.1, 0.15) is 20.8 Å². The van der Waals surface area contributed by atoms with E-state index in [0.29, 0.717) is 32.7 Å². The zero-order chi connectivity index (χ0) is 21.1. The fourth-order valence-electron chi connectivity index (χ4n) is 3.17. The van der Waals surface area contributed by atoms with Crippen LogP contribution in [0.4, 0.5) is 4.79 Å². The lowest BCUT2D eigenvalue weighted by Gasteiger charge is -2.39. The van der Waals surface area contributed by atoms with Gasteiger partial charge in [-0.05, 0) is 32.9 Å². The number of nitrogens with zero attached hydrogens (tertiary/aromatic N) is 4. The van der Waals surface area contributed by atoms with Gasteiger partial charge in [-0.15, -0.1) is 24.0 Å². The summed E-state index contributed by atoms with van der Waals surface area (Å²) in [5.74, 6) is 0.736. The predicted molar refractivity (Wildman–Crippen MR) is 123 cm³/mol. The van der Waals surface area contributed by atoms with Crippen molar-refractivity contribution < 1.29 is 17.9 Å². The molecule has 1 amide bonds. The molecule has 1 saturated heterocycles. The topological polar surface area (TPSA) is 116 Å². The molecule has 2 aliphatic rings. The molecule has 10 nitrogen and oxygen atoms in total. The number of amides is 1. The number of pyridine rings is 1. The van der Waals surface area contributed by atoms with E-state index in [1.54, 1.807) is 11.0 Å². The van der Waals surface area contributed by atoms with Crippen LogP contribution < -0.4 is 10.0 Å². The molecule has 0 radical (unpaired) electrons. The highest BCUT2D eigenvalue weighted by molar-refractivity contribution is 14.0. The van der Waals surface area contributed by atoms with E-state index < -0.39 is 15.6 Å². The van der Waals surface area contributed by atoms with Gasteiger partial charge in [-0.25, -0.2) is 17.9 Å². The largest absolute Gasteiger partial charge is 0.444 e. The van der Waals surface area contributed by atoms with Crippen molar-refractivity contribution in [2.24, 2.45) is 4.99 Å². The number of nitrogens with one attached hydrogen (secondary N) is 2. The summed E-state index contributed by atoms with van der Waals surface area (Å²) in [5.41, 5.74) is -0.518. The molecule has 0 aromatic carbocycles. The van der Waals surface area contributed by atoms with Gasteiger partial charge < -0.3 is 19.9 Å². The Morgan fingerprint density at radius 2 is 2.07 bits per heavy atom. The molecular formula is C18H29IN6O4S. The van der Waals surface area contributed by atoms with Crippen LogP contribution in [0.5, 0.6) is 0 Å². The summed E-state index contributed by atoms with van der Waals surface area (Å²) in [6, 6.07) is 3.18. The molecule has 168 valence electrons. The predicted octanol–water partition coefficient (Wildman–Crippen LogP) is 0.858. The van der Waals surface area contributed by atoms with Crippen LogP contribution in [0.15, 0.2) is 34.4 Å². The minimum Gasteiger partial charge on any atom is -0.444 e. The van der Waals surface area contributed by atoms with Crippen molar-refractivity contribution >= 4 is 46.1 Å². The van der Waals surface area contributed by atoms with Gasteiger partial charge in [0.05, 0.1) is 12.6 Å². The summed E-state index contributed by atoms with van der Waals surface area (Å²) in [6.45, 7) is 8.52. The molecule has 30 heavy (non-hydrogen) atoms. The number of carbonyl (C=O) groups is 1. The van der Waals surface area contributed by atoms with E-state index in [-0.39, 0.29) is 47.6 Å². The first kappa shape index (κ1) is 24.6. The van der Waals surface area contributed by atoms with Crippen molar-refractivity contribution in [1.82, 2.24) is 24.8 Å². The third-order valence-electron chi connectivity index (χ3n) is 4.50. The van der Waals surface area contributed by atoms with Crippen LogP contribution in [-0.2, 0) is 14.8 Å². The molecule has 1 aromatic rings. The zero-order valence-corrected chi connectivity index (χ0v) is 20.5. The van der Waals surface area contributed by atoms with Crippen LogP contribution in [-0.4, -0.2) is 86.2 Å². The summed E-state index contributed by atoms with van der Waals surface area (Å²) >= 11 is 0. The summed E-state index contributed by atoms with van der Waals surface area (Å²) < 4.78 is 32.4. The van der Waals surface area contributed by atoms with Crippen molar-refractivity contribution in [2.75, 3.05) is 39.3 Å². The lowest BCUT2D eigenvalue weighted by molar-refractivity contribution is 0.0137. The van der Waals surface area contributed by atoms with Gasteiger partial charge in [0.15, 0.2) is 5.96 Å². The number of fused-ring (bicyclic) bond motifs is 1. The maximum absolute atomic E-state index is 12.3. The molecule has 3 heterocycles. The van der Waals surface area contributed by atoms with E-state index in [1.165, 1.54) is 18.5 Å². The second-order valence-corrected chi connectivity index (χ2v) is 9.72. The summed E-state index contributed by atoms with van der Waals surface area (Å²) in [6.07, 6.45) is 2.53. The van der Waals surface area contributed by atoms with Gasteiger partial charge in [0.1, 0.15) is 10.5 Å². The third kappa shape index (κ3) is 6.41. The van der Waals surface area contributed by atoms with Gasteiger partial charge in [-0.3, -0.25) is 9.98 Å². The fourth-order valence-corrected chi connectivity index (χ4v) is 4.17. The number of rotatable bonds is 5. The van der Waals surface area contributed by atoms with E-state index in [4.69, 9.17) is 4.74 Å². The minimum atomic E-state index is -3.58. The standard InChI is InChI=1S/C18H28N6O4S.HI/c1-18(2,3)28-17(25)23-9-10-24-14(13-23)11-21-16(24)20-7-8-22-29(26,27)15-5-4-6-19-12-15;/h4-6,12,14,22H,7-11,13H2,1-3H3,(H,20,21);1H. The first-order chi connectivity index (χ1) is 13.7. The van der Waals surface area contributed by atoms with Crippen molar-refractivity contribution in [3.63, 3.8) is 0 Å². The maximum atomic E-state index is 12.3. The van der Waals surface area contributed by atoms with Crippen LogP contribution in [0.25, 0.3) is 0 Å². The Morgan fingerprint density at radius 3 is 2.73 bits per heavy atom. The number of aliphatic imine (C=N–C) groups is 1. The van der Waals surface area contributed by atoms with E-state index in [0.717, 1.165) is 5.96 Å². The van der Waals surface area contributed by atoms with Crippen molar-refractivity contribution in [3.8, 4) is 0 Å². The Labute approximate surface area is 194 Å². The number of hydrogen-bond donors (Lipinski definition) is 2. The number of carbonyl (C=O) groups excluding carboxylic acids is 1. The van der Waals surface area contributed by atoms with E-state index in [1.807, 2.05) is 20.8 Å². The Morgan fingerprint density at radius 1 is 1.30 bits per heavy atom. The van der Waals surface area contributed by atoms with Gasteiger partial charge in [-0.1, -0.05) is 0 Å². The number of guanidine groups is 1. The van der Waals surface area contributed by atoms with Crippen LogP contribution in [0, 0.1) is 0 Å². The minimum absolute atomic E-state index is 0. The highest BCUT2D eigenvalue weighted by Crippen LogP contribution is 2.18. The SMILES string of the molecule is CC(C)(C)OC(=O)N1CCN2C(NCCNS(=O)(=O)c3cccnc3)=NCC2C1.I. The second-order valence-electron chi connectivity index (χ2n) is 7.95. The van der Waals surface area contributed by atoms with Crippen LogP contribution in [0.2, 0.25) is 0 Å². The van der Waals surface area contributed by atoms with Gasteiger partial charge in [0.25, 0.3) is 0 Å². The molecular weight excluding hydrogens is 523 g/mol. The van der Waals surface area contributed by atoms with Crippen molar-refractivity contribution in [1.29, 1.82) is 0 Å². The molecule has 1 fully saturated rings. The average molecular weight is 552 g/mol. The molecule has 2 aliphatic heterocycles. The zero-order valence-electron chi connectivity index (χ0n) is 17.4. The molecule has 0 bridgehead atoms. The van der Waals surface area contributed by atoms with Crippen molar-refractivity contribution in [3.05, 3.63) is 24.5 Å². The molecule has 1 aromatic heterocycles. The smallest absolute Gasteiger partial charge is 0.410 e. The lowest BCUT2D eigenvalue weighted by Crippen LogP contribution is -2.57. The highest BCUT2D eigenvalue weighted by Gasteiger charge is 2.36. The second kappa shape index (κ2) is 10.1. The molecule has 0 spiro atoms. The van der Waals surface area contributed by atoms with E-state index >= 15 is 0 Å². The molecule has 3 rings (SSSR count). The first-order valence-corrected chi connectivity index (χ1v) is 11.1. The number of ether oxygens (including phenoxy) is 1. The fraction of sp³-hybridized carbons (Fsp3) is 0.611. The maximum Gasteiger partial charge on any atom is 0.410 e. The summed E-state index contributed by atoms with van der Waals surface area (Å²) in [7, 11) is -3.58. The van der Waals surface area contributed by atoms with E-state index in [9.17, 15) is 13.2 Å².